The molecule has 1 rings (SSSR count). The van der Waals surface area contributed by atoms with Crippen molar-refractivity contribution in [2.45, 2.75) is 46.5 Å². The molecule has 0 unspecified atom stereocenters. The Hall–Kier alpha value is -1.84. The molecule has 0 aliphatic carbocycles. The molecule has 4 heteroatoms. The molecule has 0 atom stereocenters. The van der Waals surface area contributed by atoms with E-state index >= 15 is 0 Å². The van der Waals surface area contributed by atoms with Crippen LogP contribution in [-0.4, -0.2) is 11.9 Å². The number of carbonyl (C=O) groups excluding carboxylic acids is 2. The van der Waals surface area contributed by atoms with E-state index in [1.807, 2.05) is 6.07 Å². The molecule has 0 aliphatic rings. The lowest BCUT2D eigenvalue weighted by molar-refractivity contribution is -0.149. The van der Waals surface area contributed by atoms with E-state index in [2.05, 4.69) is 26.3 Å². The summed E-state index contributed by atoms with van der Waals surface area (Å²) < 4.78 is 0. The third-order valence-corrected chi connectivity index (χ3v) is 2.85. The number of hydrogen-bond donors (Lipinski definition) is 1. The van der Waals surface area contributed by atoms with E-state index in [1.54, 1.807) is 24.3 Å². The van der Waals surface area contributed by atoms with E-state index in [0.29, 0.717) is 12.0 Å². The van der Waals surface area contributed by atoms with Crippen molar-refractivity contribution in [3.63, 3.8) is 0 Å². The van der Waals surface area contributed by atoms with Crippen LogP contribution in [-0.2, 0) is 9.63 Å². The van der Waals surface area contributed by atoms with Gasteiger partial charge < -0.3 is 4.84 Å². The van der Waals surface area contributed by atoms with Crippen molar-refractivity contribution in [2.75, 3.05) is 0 Å². The van der Waals surface area contributed by atoms with Crippen molar-refractivity contribution in [2.24, 2.45) is 5.41 Å². The topological polar surface area (TPSA) is 55.4 Å². The van der Waals surface area contributed by atoms with Crippen molar-refractivity contribution in [3.8, 4) is 0 Å². The monoisotopic (exact) mass is 277 g/mol. The summed E-state index contributed by atoms with van der Waals surface area (Å²) in [5, 5.41) is 0. The molecule has 0 saturated carbocycles. The molecular formula is C16H23NO3. The lowest BCUT2D eigenvalue weighted by atomic mass is 9.89. The first-order chi connectivity index (χ1) is 9.38. The van der Waals surface area contributed by atoms with Gasteiger partial charge in [0.05, 0.1) is 0 Å². The van der Waals surface area contributed by atoms with Gasteiger partial charge in [0.25, 0.3) is 5.91 Å². The van der Waals surface area contributed by atoms with Crippen LogP contribution < -0.4 is 5.48 Å². The van der Waals surface area contributed by atoms with Gasteiger partial charge in [0.15, 0.2) is 0 Å². The van der Waals surface area contributed by atoms with Gasteiger partial charge in [-0.05, 0) is 30.4 Å². The predicted molar refractivity (Wildman–Crippen MR) is 77.9 cm³/mol. The molecule has 0 saturated heterocycles. The van der Waals surface area contributed by atoms with Gasteiger partial charge >= 0.3 is 5.97 Å². The van der Waals surface area contributed by atoms with Crippen LogP contribution in [0.1, 0.15) is 56.8 Å². The zero-order valence-electron chi connectivity index (χ0n) is 12.4. The maximum atomic E-state index is 11.6. The molecule has 1 aromatic carbocycles. The second kappa shape index (κ2) is 7.68. The first kappa shape index (κ1) is 16.2. The van der Waals surface area contributed by atoms with Crippen LogP contribution >= 0.6 is 0 Å². The second-order valence-corrected chi connectivity index (χ2v) is 6.04. The summed E-state index contributed by atoms with van der Waals surface area (Å²) in [4.78, 5) is 27.8. The van der Waals surface area contributed by atoms with Crippen LogP contribution in [0.5, 0.6) is 0 Å². The first-order valence-corrected chi connectivity index (χ1v) is 6.93. The van der Waals surface area contributed by atoms with Crippen molar-refractivity contribution >= 4 is 11.9 Å². The SMILES string of the molecule is CC(C)(C)CCCCC(=O)ONC(=O)c1ccccc1. The summed E-state index contributed by atoms with van der Waals surface area (Å²) in [6.07, 6.45) is 3.14. The number of hydrogen-bond acceptors (Lipinski definition) is 3. The van der Waals surface area contributed by atoms with Gasteiger partial charge in [0.2, 0.25) is 0 Å². The average molecular weight is 277 g/mol. The number of nitrogens with one attached hydrogen (secondary N) is 1. The molecule has 110 valence electrons. The van der Waals surface area contributed by atoms with Gasteiger partial charge in [0, 0.05) is 12.0 Å². The average Bonchev–Trinajstić information content (AvgIpc) is 2.41. The molecule has 1 N–H and O–H groups in total. The Kier molecular flexibility index (Phi) is 6.22. The highest BCUT2D eigenvalue weighted by Gasteiger charge is 2.11. The molecule has 0 bridgehead atoms. The molecule has 0 aliphatic heterocycles. The summed E-state index contributed by atoms with van der Waals surface area (Å²) >= 11 is 0. The first-order valence-electron chi connectivity index (χ1n) is 6.93. The largest absolute Gasteiger partial charge is 0.341 e. The number of hydroxylamine groups is 1. The molecule has 20 heavy (non-hydrogen) atoms. The molecular weight excluding hydrogens is 254 g/mol. The molecule has 0 aromatic heterocycles. The van der Waals surface area contributed by atoms with Crippen LogP contribution in [0.4, 0.5) is 0 Å². The van der Waals surface area contributed by atoms with E-state index in [4.69, 9.17) is 4.84 Å². The van der Waals surface area contributed by atoms with Crippen LogP contribution in [0.3, 0.4) is 0 Å². The Morgan fingerprint density at radius 1 is 1.10 bits per heavy atom. The quantitative estimate of drug-likeness (QED) is 0.662. The normalized spacial score (nSPS) is 10.9. The van der Waals surface area contributed by atoms with E-state index in [-0.39, 0.29) is 5.41 Å². The fourth-order valence-electron chi connectivity index (χ4n) is 1.73. The zero-order valence-corrected chi connectivity index (χ0v) is 12.4. The maximum absolute atomic E-state index is 11.6. The van der Waals surface area contributed by atoms with Crippen LogP contribution in [0.2, 0.25) is 0 Å². The lowest BCUT2D eigenvalue weighted by Crippen LogP contribution is -2.26. The molecule has 1 amide bonds. The van der Waals surface area contributed by atoms with Gasteiger partial charge in [-0.2, -0.15) is 5.48 Å². The van der Waals surface area contributed by atoms with Gasteiger partial charge in [-0.25, -0.2) is 4.79 Å². The van der Waals surface area contributed by atoms with E-state index < -0.39 is 11.9 Å². The fourth-order valence-corrected chi connectivity index (χ4v) is 1.73. The lowest BCUT2D eigenvalue weighted by Gasteiger charge is -2.17. The van der Waals surface area contributed by atoms with Gasteiger partial charge in [-0.3, -0.25) is 4.79 Å². The predicted octanol–water partition coefficient (Wildman–Crippen LogP) is 3.48. The Labute approximate surface area is 120 Å². The van der Waals surface area contributed by atoms with Crippen molar-refractivity contribution in [3.05, 3.63) is 35.9 Å². The van der Waals surface area contributed by atoms with Crippen molar-refractivity contribution in [1.82, 2.24) is 5.48 Å². The van der Waals surface area contributed by atoms with E-state index in [0.717, 1.165) is 19.3 Å². The number of rotatable bonds is 5. The summed E-state index contributed by atoms with van der Waals surface area (Å²) in [6, 6.07) is 8.64. The Morgan fingerprint density at radius 2 is 1.75 bits per heavy atom. The third-order valence-electron chi connectivity index (χ3n) is 2.85. The Balaban J connectivity index is 2.19. The van der Waals surface area contributed by atoms with Gasteiger partial charge in [-0.1, -0.05) is 45.4 Å². The number of carbonyl (C=O) groups is 2. The summed E-state index contributed by atoms with van der Waals surface area (Å²) in [6.45, 7) is 6.52. The summed E-state index contributed by atoms with van der Waals surface area (Å²) in [5.74, 6) is -0.808. The van der Waals surface area contributed by atoms with E-state index in [9.17, 15) is 9.59 Å². The van der Waals surface area contributed by atoms with E-state index in [1.165, 1.54) is 0 Å². The standard InChI is InChI=1S/C16H23NO3/c1-16(2,3)12-8-7-11-14(18)20-17-15(19)13-9-5-4-6-10-13/h4-6,9-10H,7-8,11-12H2,1-3H3,(H,17,19). The maximum Gasteiger partial charge on any atom is 0.332 e. The number of unbranched alkanes of at least 4 members (excludes halogenated alkanes) is 1. The smallest absolute Gasteiger partial charge is 0.332 e. The van der Waals surface area contributed by atoms with Gasteiger partial charge in [-0.15, -0.1) is 0 Å². The highest BCUT2D eigenvalue weighted by molar-refractivity contribution is 5.94. The van der Waals surface area contributed by atoms with Crippen LogP contribution in [0.25, 0.3) is 0 Å². The van der Waals surface area contributed by atoms with Crippen molar-refractivity contribution in [1.29, 1.82) is 0 Å². The minimum absolute atomic E-state index is 0.283. The molecule has 1 aromatic rings. The Bertz CT molecular complexity index is 435. The minimum Gasteiger partial charge on any atom is -0.341 e. The second-order valence-electron chi connectivity index (χ2n) is 6.04. The highest BCUT2D eigenvalue weighted by atomic mass is 16.7. The summed E-state index contributed by atoms with van der Waals surface area (Å²) in [5.41, 5.74) is 2.92. The molecule has 0 fully saturated rings. The number of benzene rings is 1. The third kappa shape index (κ3) is 6.92. The fraction of sp³-hybridized carbons (Fsp3) is 0.500. The minimum atomic E-state index is -0.409. The zero-order chi connectivity index (χ0) is 15.0. The van der Waals surface area contributed by atoms with Crippen LogP contribution in [0, 0.1) is 5.41 Å². The van der Waals surface area contributed by atoms with Crippen molar-refractivity contribution < 1.29 is 14.4 Å². The molecule has 4 nitrogen and oxygen atoms in total. The van der Waals surface area contributed by atoms with Crippen LogP contribution in [0.15, 0.2) is 30.3 Å². The Morgan fingerprint density at radius 3 is 2.35 bits per heavy atom. The number of amides is 1. The summed E-state index contributed by atoms with van der Waals surface area (Å²) in [7, 11) is 0. The molecule has 0 spiro atoms. The molecule has 0 radical (unpaired) electrons. The van der Waals surface area contributed by atoms with Gasteiger partial charge in [0.1, 0.15) is 0 Å². The highest BCUT2D eigenvalue weighted by Crippen LogP contribution is 2.21. The molecule has 0 heterocycles.